The zero-order valence-corrected chi connectivity index (χ0v) is 10.6. The van der Waals surface area contributed by atoms with Crippen LogP contribution in [0.3, 0.4) is 0 Å². The number of hydrogen-bond acceptors (Lipinski definition) is 2. The topological polar surface area (TPSA) is 43.8 Å². The highest BCUT2D eigenvalue weighted by Crippen LogP contribution is 2.21. The number of aromatic nitrogens is 2. The smallest absolute Gasteiger partial charge is 0.139 e. The Morgan fingerprint density at radius 3 is 2.35 bits per heavy atom. The zero-order valence-electron chi connectivity index (χ0n) is 10.6. The van der Waals surface area contributed by atoms with Gasteiger partial charge in [-0.3, -0.25) is 0 Å². The third-order valence-electron chi connectivity index (χ3n) is 3.13. The molecule has 0 spiro atoms. The van der Waals surface area contributed by atoms with E-state index < -0.39 is 0 Å². The summed E-state index contributed by atoms with van der Waals surface area (Å²) in [6, 6.07) is 8.57. The number of hydrogen-bond donors (Lipinski definition) is 1. The molecule has 0 radical (unpaired) electrons. The third kappa shape index (κ3) is 2.24. The molecule has 2 rings (SSSR count). The predicted molar refractivity (Wildman–Crippen MR) is 70.6 cm³/mol. The second kappa shape index (κ2) is 4.72. The summed E-state index contributed by atoms with van der Waals surface area (Å²) in [5, 5.41) is 0. The predicted octanol–water partition coefficient (Wildman–Crippen LogP) is 2.67. The standard InChI is InChI=1S/C14H19N3/c1-10(2)11-4-6-12(7-5-11)14-16-9-13(8-15)17(14)3/h4-7,9-10H,8,15H2,1-3H3. The average Bonchev–Trinajstić information content (AvgIpc) is 2.70. The van der Waals surface area contributed by atoms with E-state index in [9.17, 15) is 0 Å². The van der Waals surface area contributed by atoms with Crippen LogP contribution in [-0.2, 0) is 13.6 Å². The number of nitrogens with two attached hydrogens (primary N) is 1. The van der Waals surface area contributed by atoms with Gasteiger partial charge in [-0.25, -0.2) is 4.98 Å². The van der Waals surface area contributed by atoms with Crippen molar-refractivity contribution < 1.29 is 0 Å². The fourth-order valence-electron chi connectivity index (χ4n) is 1.92. The summed E-state index contributed by atoms with van der Waals surface area (Å²) in [5.74, 6) is 1.53. The van der Waals surface area contributed by atoms with E-state index in [1.54, 1.807) is 0 Å². The molecule has 0 bridgehead atoms. The van der Waals surface area contributed by atoms with Crippen LogP contribution in [0.2, 0.25) is 0 Å². The summed E-state index contributed by atoms with van der Waals surface area (Å²) >= 11 is 0. The largest absolute Gasteiger partial charge is 0.330 e. The number of benzene rings is 1. The number of imidazole rings is 1. The molecule has 0 atom stereocenters. The van der Waals surface area contributed by atoms with E-state index in [-0.39, 0.29) is 0 Å². The Morgan fingerprint density at radius 2 is 1.88 bits per heavy atom. The van der Waals surface area contributed by atoms with Crippen LogP contribution >= 0.6 is 0 Å². The Balaban J connectivity index is 2.36. The summed E-state index contributed by atoms with van der Waals surface area (Å²) in [4.78, 5) is 4.41. The summed E-state index contributed by atoms with van der Waals surface area (Å²) in [7, 11) is 2.00. The molecule has 1 aromatic carbocycles. The van der Waals surface area contributed by atoms with Gasteiger partial charge in [0.15, 0.2) is 0 Å². The molecule has 0 amide bonds. The Kier molecular flexibility index (Phi) is 3.29. The molecule has 2 aromatic rings. The lowest BCUT2D eigenvalue weighted by Gasteiger charge is -2.08. The molecule has 2 N–H and O–H groups in total. The molecular formula is C14H19N3. The van der Waals surface area contributed by atoms with Crippen molar-refractivity contribution in [3.63, 3.8) is 0 Å². The van der Waals surface area contributed by atoms with Crippen LogP contribution in [0.5, 0.6) is 0 Å². The molecule has 0 fully saturated rings. The van der Waals surface area contributed by atoms with Crippen LogP contribution in [-0.4, -0.2) is 9.55 Å². The molecule has 1 heterocycles. The summed E-state index contributed by atoms with van der Waals surface area (Å²) < 4.78 is 2.05. The van der Waals surface area contributed by atoms with Crippen LogP contribution < -0.4 is 5.73 Å². The third-order valence-corrected chi connectivity index (χ3v) is 3.13. The van der Waals surface area contributed by atoms with Gasteiger partial charge in [0.05, 0.1) is 11.9 Å². The summed E-state index contributed by atoms with van der Waals surface area (Å²) in [5.41, 5.74) is 9.18. The number of rotatable bonds is 3. The molecule has 3 nitrogen and oxygen atoms in total. The molecule has 0 saturated heterocycles. The lowest BCUT2D eigenvalue weighted by molar-refractivity contribution is 0.827. The highest BCUT2D eigenvalue weighted by atomic mass is 15.1. The lowest BCUT2D eigenvalue weighted by atomic mass is 10.0. The Hall–Kier alpha value is -1.61. The van der Waals surface area contributed by atoms with Crippen molar-refractivity contribution in [2.75, 3.05) is 0 Å². The van der Waals surface area contributed by atoms with E-state index >= 15 is 0 Å². The second-order valence-corrected chi connectivity index (χ2v) is 4.61. The summed E-state index contributed by atoms with van der Waals surface area (Å²) in [6.07, 6.45) is 1.84. The second-order valence-electron chi connectivity index (χ2n) is 4.61. The van der Waals surface area contributed by atoms with E-state index in [4.69, 9.17) is 5.73 Å². The maximum Gasteiger partial charge on any atom is 0.139 e. The molecule has 3 heteroatoms. The van der Waals surface area contributed by atoms with Crippen LogP contribution in [0, 0.1) is 0 Å². The first-order chi connectivity index (χ1) is 8.13. The SMILES string of the molecule is CC(C)c1ccc(-c2ncc(CN)n2C)cc1. The van der Waals surface area contributed by atoms with Crippen molar-refractivity contribution in [2.24, 2.45) is 12.8 Å². The zero-order chi connectivity index (χ0) is 12.4. The van der Waals surface area contributed by atoms with E-state index in [0.717, 1.165) is 17.1 Å². The highest BCUT2D eigenvalue weighted by molar-refractivity contribution is 5.56. The first kappa shape index (κ1) is 11.9. The van der Waals surface area contributed by atoms with Crippen LogP contribution in [0.4, 0.5) is 0 Å². The van der Waals surface area contributed by atoms with E-state index in [0.29, 0.717) is 12.5 Å². The fourth-order valence-corrected chi connectivity index (χ4v) is 1.92. The van der Waals surface area contributed by atoms with Gasteiger partial charge in [-0.05, 0) is 11.5 Å². The number of nitrogens with zero attached hydrogens (tertiary/aromatic N) is 2. The van der Waals surface area contributed by atoms with E-state index in [2.05, 4.69) is 43.1 Å². The van der Waals surface area contributed by atoms with Crippen molar-refractivity contribution in [1.29, 1.82) is 0 Å². The Bertz CT molecular complexity index is 495. The van der Waals surface area contributed by atoms with Crippen molar-refractivity contribution in [3.8, 4) is 11.4 Å². The first-order valence-electron chi connectivity index (χ1n) is 5.94. The molecule has 0 aliphatic rings. The van der Waals surface area contributed by atoms with Gasteiger partial charge in [-0.1, -0.05) is 38.1 Å². The van der Waals surface area contributed by atoms with Gasteiger partial charge in [0.1, 0.15) is 5.82 Å². The molecular weight excluding hydrogens is 210 g/mol. The Morgan fingerprint density at radius 1 is 1.24 bits per heavy atom. The van der Waals surface area contributed by atoms with Gasteiger partial charge < -0.3 is 10.3 Å². The summed E-state index contributed by atoms with van der Waals surface area (Å²) in [6.45, 7) is 4.91. The molecule has 17 heavy (non-hydrogen) atoms. The fraction of sp³-hybridized carbons (Fsp3) is 0.357. The molecule has 0 saturated carbocycles. The minimum atomic E-state index is 0.521. The van der Waals surface area contributed by atoms with Crippen LogP contribution in [0.15, 0.2) is 30.5 Å². The molecule has 0 aliphatic heterocycles. The van der Waals surface area contributed by atoms with Crippen molar-refractivity contribution >= 4 is 0 Å². The van der Waals surface area contributed by atoms with E-state index in [1.807, 2.05) is 17.8 Å². The van der Waals surface area contributed by atoms with Crippen LogP contribution in [0.1, 0.15) is 31.0 Å². The Labute approximate surface area is 102 Å². The van der Waals surface area contributed by atoms with Gasteiger partial charge in [-0.2, -0.15) is 0 Å². The van der Waals surface area contributed by atoms with Crippen molar-refractivity contribution in [2.45, 2.75) is 26.3 Å². The minimum Gasteiger partial charge on any atom is -0.330 e. The van der Waals surface area contributed by atoms with Crippen LogP contribution in [0.25, 0.3) is 11.4 Å². The quantitative estimate of drug-likeness (QED) is 0.879. The maximum absolute atomic E-state index is 5.65. The maximum atomic E-state index is 5.65. The monoisotopic (exact) mass is 229 g/mol. The van der Waals surface area contributed by atoms with Gasteiger partial charge in [-0.15, -0.1) is 0 Å². The lowest BCUT2D eigenvalue weighted by Crippen LogP contribution is -2.04. The van der Waals surface area contributed by atoms with Gasteiger partial charge in [0.2, 0.25) is 0 Å². The van der Waals surface area contributed by atoms with Gasteiger partial charge >= 0.3 is 0 Å². The molecule has 90 valence electrons. The van der Waals surface area contributed by atoms with E-state index in [1.165, 1.54) is 5.56 Å². The highest BCUT2D eigenvalue weighted by Gasteiger charge is 2.07. The molecule has 1 aromatic heterocycles. The van der Waals surface area contributed by atoms with Crippen molar-refractivity contribution in [1.82, 2.24) is 9.55 Å². The van der Waals surface area contributed by atoms with Gasteiger partial charge in [0.25, 0.3) is 0 Å². The normalized spacial score (nSPS) is 11.1. The molecule has 0 aliphatic carbocycles. The minimum absolute atomic E-state index is 0.521. The average molecular weight is 229 g/mol. The van der Waals surface area contributed by atoms with Crippen molar-refractivity contribution in [3.05, 3.63) is 41.7 Å². The molecule has 0 unspecified atom stereocenters. The first-order valence-corrected chi connectivity index (χ1v) is 5.94. The van der Waals surface area contributed by atoms with Gasteiger partial charge in [0, 0.05) is 19.2 Å².